The lowest BCUT2D eigenvalue weighted by atomic mass is 9.76. The Morgan fingerprint density at radius 1 is 1.15 bits per heavy atom. The lowest BCUT2D eigenvalue weighted by Gasteiger charge is -2.29. The second-order valence-corrected chi connectivity index (χ2v) is 7.42. The third kappa shape index (κ3) is 3.88. The highest BCUT2D eigenvalue weighted by Crippen LogP contribution is 2.38. The minimum absolute atomic E-state index is 0.255. The Balaban J connectivity index is 2.01. The van der Waals surface area contributed by atoms with E-state index in [9.17, 15) is 4.39 Å². The average molecular weight is 298 g/mol. The standard InChI is InChI=1S/C17H25ClFN/c1-17(2,3)12-6-4-7-13(11-10-12)20-16-14(18)8-5-9-15(16)19/h5,8-9,12-13,20H,4,6-7,10-11H2,1-3H3. The Kier molecular flexibility index (Phi) is 4.95. The number of anilines is 1. The van der Waals surface area contributed by atoms with E-state index in [0.29, 0.717) is 22.2 Å². The van der Waals surface area contributed by atoms with Crippen LogP contribution in [-0.2, 0) is 0 Å². The van der Waals surface area contributed by atoms with Crippen LogP contribution in [0.25, 0.3) is 0 Å². The first kappa shape index (κ1) is 15.6. The molecule has 1 fully saturated rings. The number of nitrogens with one attached hydrogen (secondary N) is 1. The molecule has 0 aromatic heterocycles. The molecule has 1 aromatic carbocycles. The van der Waals surface area contributed by atoms with Gasteiger partial charge < -0.3 is 5.32 Å². The van der Waals surface area contributed by atoms with Gasteiger partial charge in [0.25, 0.3) is 0 Å². The highest BCUT2D eigenvalue weighted by Gasteiger charge is 2.28. The van der Waals surface area contributed by atoms with Gasteiger partial charge in [-0.05, 0) is 49.1 Å². The zero-order chi connectivity index (χ0) is 14.8. The summed E-state index contributed by atoms with van der Waals surface area (Å²) in [5, 5.41) is 3.80. The molecule has 2 rings (SSSR count). The van der Waals surface area contributed by atoms with Crippen LogP contribution in [0.2, 0.25) is 5.02 Å². The van der Waals surface area contributed by atoms with Crippen molar-refractivity contribution in [3.8, 4) is 0 Å². The van der Waals surface area contributed by atoms with Gasteiger partial charge in [-0.2, -0.15) is 0 Å². The van der Waals surface area contributed by atoms with Crippen LogP contribution in [0.4, 0.5) is 10.1 Å². The number of benzene rings is 1. The second kappa shape index (κ2) is 6.34. The van der Waals surface area contributed by atoms with Crippen molar-refractivity contribution in [2.24, 2.45) is 11.3 Å². The van der Waals surface area contributed by atoms with E-state index < -0.39 is 0 Å². The maximum Gasteiger partial charge on any atom is 0.147 e. The molecule has 0 heterocycles. The molecular weight excluding hydrogens is 273 g/mol. The molecule has 0 bridgehead atoms. The van der Waals surface area contributed by atoms with Gasteiger partial charge in [0.05, 0.1) is 10.7 Å². The molecule has 3 heteroatoms. The summed E-state index contributed by atoms with van der Waals surface area (Å²) in [6, 6.07) is 5.17. The van der Waals surface area contributed by atoms with Crippen molar-refractivity contribution in [3.63, 3.8) is 0 Å². The first-order chi connectivity index (χ1) is 9.38. The molecule has 20 heavy (non-hydrogen) atoms. The summed E-state index contributed by atoms with van der Waals surface area (Å²) < 4.78 is 13.8. The van der Waals surface area contributed by atoms with Gasteiger partial charge in [-0.1, -0.05) is 44.9 Å². The Morgan fingerprint density at radius 3 is 2.55 bits per heavy atom. The van der Waals surface area contributed by atoms with Crippen LogP contribution in [0.5, 0.6) is 0 Å². The fourth-order valence-corrected chi connectivity index (χ4v) is 3.37. The Labute approximate surface area is 126 Å². The summed E-state index contributed by atoms with van der Waals surface area (Å²) in [6.45, 7) is 6.96. The van der Waals surface area contributed by atoms with Gasteiger partial charge in [-0.25, -0.2) is 4.39 Å². The van der Waals surface area contributed by atoms with Crippen molar-refractivity contribution >= 4 is 17.3 Å². The lowest BCUT2D eigenvalue weighted by molar-refractivity contribution is 0.214. The molecule has 0 saturated heterocycles. The third-order valence-corrected chi connectivity index (χ3v) is 4.82. The van der Waals surface area contributed by atoms with E-state index in [2.05, 4.69) is 26.1 Å². The van der Waals surface area contributed by atoms with Crippen LogP contribution in [0.1, 0.15) is 52.9 Å². The molecule has 2 unspecified atom stereocenters. The summed E-state index contributed by atoms with van der Waals surface area (Å²) >= 11 is 6.09. The maximum atomic E-state index is 13.8. The summed E-state index contributed by atoms with van der Waals surface area (Å²) in [5.41, 5.74) is 0.832. The first-order valence-electron chi connectivity index (χ1n) is 7.58. The number of halogens is 2. The van der Waals surface area contributed by atoms with Gasteiger partial charge in [0.1, 0.15) is 5.82 Å². The van der Waals surface area contributed by atoms with Gasteiger partial charge in [-0.3, -0.25) is 0 Å². The second-order valence-electron chi connectivity index (χ2n) is 7.01. The summed E-state index contributed by atoms with van der Waals surface area (Å²) in [7, 11) is 0. The quantitative estimate of drug-likeness (QED) is 0.672. The molecule has 1 N–H and O–H groups in total. The smallest absolute Gasteiger partial charge is 0.147 e. The van der Waals surface area contributed by atoms with Crippen LogP contribution >= 0.6 is 11.6 Å². The van der Waals surface area contributed by atoms with Crippen LogP contribution in [-0.4, -0.2) is 6.04 Å². The highest BCUT2D eigenvalue weighted by molar-refractivity contribution is 6.33. The van der Waals surface area contributed by atoms with E-state index in [0.717, 1.165) is 18.8 Å². The van der Waals surface area contributed by atoms with Gasteiger partial charge in [0, 0.05) is 6.04 Å². The van der Waals surface area contributed by atoms with E-state index in [1.807, 2.05) is 0 Å². The van der Waals surface area contributed by atoms with Crippen molar-refractivity contribution in [3.05, 3.63) is 29.0 Å². The molecule has 1 saturated carbocycles. The van der Waals surface area contributed by atoms with E-state index in [1.165, 1.54) is 25.3 Å². The van der Waals surface area contributed by atoms with Crippen molar-refractivity contribution in [2.45, 2.75) is 58.9 Å². The molecule has 1 aliphatic carbocycles. The summed E-state index contributed by atoms with van der Waals surface area (Å²) in [6.07, 6.45) is 5.86. The molecule has 1 aromatic rings. The van der Waals surface area contributed by atoms with Gasteiger partial charge in [0.2, 0.25) is 0 Å². The van der Waals surface area contributed by atoms with Crippen LogP contribution in [0.3, 0.4) is 0 Å². The molecule has 1 nitrogen and oxygen atoms in total. The Hall–Kier alpha value is -0.760. The van der Waals surface area contributed by atoms with Crippen molar-refractivity contribution < 1.29 is 4.39 Å². The predicted molar refractivity (Wildman–Crippen MR) is 84.9 cm³/mol. The molecule has 0 amide bonds. The van der Waals surface area contributed by atoms with Crippen molar-refractivity contribution in [1.29, 1.82) is 0 Å². The van der Waals surface area contributed by atoms with E-state index >= 15 is 0 Å². The third-order valence-electron chi connectivity index (χ3n) is 4.50. The minimum atomic E-state index is -0.255. The van der Waals surface area contributed by atoms with Gasteiger partial charge >= 0.3 is 0 Å². The number of hydrogen-bond donors (Lipinski definition) is 1. The molecule has 0 radical (unpaired) electrons. The van der Waals surface area contributed by atoms with E-state index in [-0.39, 0.29) is 5.82 Å². The molecule has 2 atom stereocenters. The highest BCUT2D eigenvalue weighted by atomic mass is 35.5. The molecule has 0 spiro atoms. The van der Waals surface area contributed by atoms with Crippen LogP contribution in [0.15, 0.2) is 18.2 Å². The van der Waals surface area contributed by atoms with Crippen LogP contribution < -0.4 is 5.32 Å². The zero-order valence-corrected chi connectivity index (χ0v) is 13.4. The topological polar surface area (TPSA) is 12.0 Å². The molecule has 112 valence electrons. The Morgan fingerprint density at radius 2 is 1.90 bits per heavy atom. The van der Waals surface area contributed by atoms with Gasteiger partial charge in [0.15, 0.2) is 0 Å². The van der Waals surface area contributed by atoms with Crippen molar-refractivity contribution in [1.82, 2.24) is 0 Å². The fourth-order valence-electron chi connectivity index (χ4n) is 3.15. The maximum absolute atomic E-state index is 13.8. The SMILES string of the molecule is CC(C)(C)C1CCCC(Nc2c(F)cccc2Cl)CC1. The summed E-state index contributed by atoms with van der Waals surface area (Å²) in [4.78, 5) is 0. The molecule has 1 aliphatic rings. The zero-order valence-electron chi connectivity index (χ0n) is 12.7. The largest absolute Gasteiger partial charge is 0.379 e. The van der Waals surface area contributed by atoms with Gasteiger partial charge in [-0.15, -0.1) is 0 Å². The fraction of sp³-hybridized carbons (Fsp3) is 0.647. The Bertz CT molecular complexity index is 433. The van der Waals surface area contributed by atoms with Crippen LogP contribution in [0, 0.1) is 17.2 Å². The lowest BCUT2D eigenvalue weighted by Crippen LogP contribution is -2.22. The summed E-state index contributed by atoms with van der Waals surface area (Å²) in [5.74, 6) is 0.500. The normalized spacial score (nSPS) is 24.2. The number of rotatable bonds is 2. The number of para-hydroxylation sites is 1. The van der Waals surface area contributed by atoms with E-state index in [4.69, 9.17) is 11.6 Å². The average Bonchev–Trinajstić information content (AvgIpc) is 2.59. The number of hydrogen-bond acceptors (Lipinski definition) is 1. The monoisotopic (exact) mass is 297 g/mol. The molecule has 0 aliphatic heterocycles. The van der Waals surface area contributed by atoms with Crippen molar-refractivity contribution in [2.75, 3.05) is 5.32 Å². The minimum Gasteiger partial charge on any atom is -0.379 e. The predicted octanol–water partition coefficient (Wildman–Crippen LogP) is 5.89. The first-order valence-corrected chi connectivity index (χ1v) is 7.96. The molecular formula is C17H25ClFN. The van der Waals surface area contributed by atoms with E-state index in [1.54, 1.807) is 12.1 Å².